The molecular weight excluding hydrogens is 114 g/mol. The molecule has 0 aromatic rings. The molecule has 0 fully saturated rings. The van der Waals surface area contributed by atoms with Gasteiger partial charge in [0, 0.05) is 5.41 Å². The van der Waals surface area contributed by atoms with E-state index in [0.29, 0.717) is 0 Å². The molecule has 1 heterocycles. The molecule has 0 spiro atoms. The van der Waals surface area contributed by atoms with Gasteiger partial charge >= 0.3 is 0 Å². The molecule has 0 amide bonds. The molecule has 1 rings (SSSR count). The highest BCUT2D eigenvalue weighted by atomic mass is 32.2. The summed E-state index contributed by atoms with van der Waals surface area (Å²) in [5.41, 5.74) is 0. The van der Waals surface area contributed by atoms with E-state index in [1.54, 1.807) is 0 Å². The summed E-state index contributed by atoms with van der Waals surface area (Å²) in [5.74, 6) is 0.0347. The van der Waals surface area contributed by atoms with E-state index in [-0.39, 0.29) is 5.94 Å². The van der Waals surface area contributed by atoms with Gasteiger partial charge in [0.1, 0.15) is 9.73 Å². The highest BCUT2D eigenvalue weighted by Gasteiger charge is 2.05. The first kappa shape index (κ1) is 4.64. The molecule has 0 saturated carbocycles. The van der Waals surface area contributed by atoms with Crippen LogP contribution in [-0.4, -0.2) is 10.1 Å². The van der Waals surface area contributed by atoms with Crippen LogP contribution in [0.4, 0.5) is 0 Å². The van der Waals surface area contributed by atoms with E-state index in [2.05, 4.69) is 4.74 Å². The monoisotopic (exact) mass is 119 g/mol. The van der Waals surface area contributed by atoms with Crippen molar-refractivity contribution in [1.82, 2.24) is 0 Å². The third kappa shape index (κ3) is 0.928. The predicted molar refractivity (Wildman–Crippen MR) is 26.0 cm³/mol. The first-order valence-electron chi connectivity index (χ1n) is 1.75. The predicted octanol–water partition coefficient (Wildman–Crippen LogP) is 0.492. The molecule has 1 atom stereocenters. The van der Waals surface area contributed by atoms with Gasteiger partial charge < -0.3 is 4.74 Å². The fourth-order valence-electron chi connectivity index (χ4n) is 0.309. The fourth-order valence-corrected chi connectivity index (χ4v) is 0.926. The smallest absolute Gasteiger partial charge is 0.173 e. The molecular formula is C3H5NO2S. The minimum Gasteiger partial charge on any atom is -0.486 e. The maximum atomic E-state index is 10.4. The first-order valence-corrected chi connectivity index (χ1v) is 3.54. The quantitative estimate of drug-likeness (QED) is 0.504. The van der Waals surface area contributed by atoms with E-state index < -0.39 is 9.73 Å². The van der Waals surface area contributed by atoms with Crippen LogP contribution < -0.4 is 0 Å². The lowest BCUT2D eigenvalue weighted by molar-refractivity contribution is 0.321. The topological polar surface area (TPSA) is 50.2 Å². The Morgan fingerprint density at radius 2 is 2.57 bits per heavy atom. The summed E-state index contributed by atoms with van der Waals surface area (Å²) in [6, 6.07) is 0. The van der Waals surface area contributed by atoms with Crippen LogP contribution >= 0.6 is 0 Å². The van der Waals surface area contributed by atoms with Crippen molar-refractivity contribution >= 4 is 9.73 Å². The van der Waals surface area contributed by atoms with Gasteiger partial charge in [-0.2, -0.15) is 0 Å². The number of hydrogen-bond donors (Lipinski definition) is 1. The number of hydrogen-bond acceptors (Lipinski definition) is 3. The number of nitrogens with one attached hydrogen (secondary N) is 1. The van der Waals surface area contributed by atoms with E-state index in [4.69, 9.17) is 4.78 Å². The highest BCUT2D eigenvalue weighted by molar-refractivity contribution is 7.95. The second-order valence-corrected chi connectivity index (χ2v) is 3.24. The Labute approximate surface area is 42.0 Å². The average molecular weight is 119 g/mol. The van der Waals surface area contributed by atoms with Crippen LogP contribution in [-0.2, 0) is 14.5 Å². The van der Waals surface area contributed by atoms with Gasteiger partial charge in [-0.1, -0.05) is 0 Å². The Morgan fingerprint density at radius 3 is 2.71 bits per heavy atom. The lowest BCUT2D eigenvalue weighted by atomic mass is 11.1. The van der Waals surface area contributed by atoms with Crippen molar-refractivity contribution < 1.29 is 8.95 Å². The van der Waals surface area contributed by atoms with Gasteiger partial charge in [-0.25, -0.2) is 8.99 Å². The van der Waals surface area contributed by atoms with Crippen LogP contribution in [0.1, 0.15) is 0 Å². The van der Waals surface area contributed by atoms with Gasteiger partial charge in [0.15, 0.2) is 5.94 Å². The highest BCUT2D eigenvalue weighted by Crippen LogP contribution is 2.02. The maximum Gasteiger partial charge on any atom is 0.173 e. The zero-order valence-corrected chi connectivity index (χ0v) is 4.40. The Kier molecular flexibility index (Phi) is 0.815. The molecule has 7 heavy (non-hydrogen) atoms. The lowest BCUT2D eigenvalue weighted by Crippen LogP contribution is -1.92. The summed E-state index contributed by atoms with van der Waals surface area (Å²) in [6.07, 6.45) is 1.30. The molecule has 3 nitrogen and oxygen atoms in total. The second-order valence-electron chi connectivity index (χ2n) is 1.28. The molecule has 0 aliphatic carbocycles. The second kappa shape index (κ2) is 1.23. The van der Waals surface area contributed by atoms with Crippen molar-refractivity contribution in [2.45, 2.75) is 0 Å². The third-order valence-corrected chi connectivity index (χ3v) is 1.65. The van der Waals surface area contributed by atoms with Gasteiger partial charge in [-0.3, -0.25) is 0 Å². The van der Waals surface area contributed by atoms with Gasteiger partial charge in [0.2, 0.25) is 0 Å². The molecule has 1 unspecified atom stereocenters. The molecule has 1 N–H and O–H groups in total. The van der Waals surface area contributed by atoms with Gasteiger partial charge in [-0.15, -0.1) is 0 Å². The van der Waals surface area contributed by atoms with Gasteiger partial charge in [-0.05, 0) is 0 Å². The van der Waals surface area contributed by atoms with Crippen molar-refractivity contribution in [2.24, 2.45) is 0 Å². The van der Waals surface area contributed by atoms with Crippen molar-refractivity contribution in [3.05, 3.63) is 11.7 Å². The molecule has 4 heteroatoms. The third-order valence-electron chi connectivity index (χ3n) is 0.615. The first-order chi connectivity index (χ1) is 3.21. The SMILES string of the molecule is N=S1(=O)C=COC1. The van der Waals surface area contributed by atoms with E-state index in [9.17, 15) is 4.21 Å². The van der Waals surface area contributed by atoms with Crippen molar-refractivity contribution in [3.8, 4) is 0 Å². The van der Waals surface area contributed by atoms with E-state index in [1.807, 2.05) is 0 Å². The lowest BCUT2D eigenvalue weighted by Gasteiger charge is -1.86. The fraction of sp³-hybridized carbons (Fsp3) is 0.333. The minimum atomic E-state index is -2.45. The number of ether oxygens (including phenoxy) is 1. The standard InChI is InChI=1S/C3H5NO2S/c4-7(5)2-1-6-3-7/h1-2,4H,3H2. The summed E-state index contributed by atoms with van der Waals surface area (Å²) in [7, 11) is -2.45. The summed E-state index contributed by atoms with van der Waals surface area (Å²) >= 11 is 0. The number of rotatable bonds is 0. The Balaban J connectivity index is 2.99. The van der Waals surface area contributed by atoms with Crippen molar-refractivity contribution in [3.63, 3.8) is 0 Å². The van der Waals surface area contributed by atoms with Crippen LogP contribution in [0.25, 0.3) is 0 Å². The normalized spacial score (nSPS) is 38.3. The Morgan fingerprint density at radius 1 is 1.86 bits per heavy atom. The van der Waals surface area contributed by atoms with Gasteiger partial charge in [0.25, 0.3) is 0 Å². The van der Waals surface area contributed by atoms with Crippen LogP contribution in [0, 0.1) is 4.78 Å². The molecule has 0 bridgehead atoms. The van der Waals surface area contributed by atoms with Crippen LogP contribution in [0.2, 0.25) is 0 Å². The van der Waals surface area contributed by atoms with Crippen LogP contribution in [0.15, 0.2) is 11.7 Å². The van der Waals surface area contributed by atoms with Crippen LogP contribution in [0.5, 0.6) is 0 Å². The molecule has 0 radical (unpaired) electrons. The Bertz CT molecular complexity index is 179. The summed E-state index contributed by atoms with van der Waals surface area (Å²) in [6.45, 7) is 0. The minimum absolute atomic E-state index is 0.0347. The van der Waals surface area contributed by atoms with Crippen molar-refractivity contribution in [1.29, 1.82) is 4.78 Å². The molecule has 0 aromatic heterocycles. The molecule has 1 aliphatic rings. The van der Waals surface area contributed by atoms with Gasteiger partial charge in [0.05, 0.1) is 6.26 Å². The van der Waals surface area contributed by atoms with Crippen molar-refractivity contribution in [2.75, 3.05) is 5.94 Å². The summed E-state index contributed by atoms with van der Waals surface area (Å²) in [4.78, 5) is 0. The largest absolute Gasteiger partial charge is 0.486 e. The Hall–Kier alpha value is -0.510. The maximum absolute atomic E-state index is 10.4. The van der Waals surface area contributed by atoms with E-state index in [1.165, 1.54) is 11.7 Å². The zero-order chi connectivity index (χ0) is 5.33. The van der Waals surface area contributed by atoms with Crippen LogP contribution in [0.3, 0.4) is 0 Å². The molecule has 0 aromatic carbocycles. The zero-order valence-electron chi connectivity index (χ0n) is 3.59. The summed E-state index contributed by atoms with van der Waals surface area (Å²) in [5, 5.41) is 1.27. The van der Waals surface area contributed by atoms with E-state index in [0.717, 1.165) is 0 Å². The molecule has 0 saturated heterocycles. The molecule has 1 aliphatic heterocycles. The average Bonchev–Trinajstić information content (AvgIpc) is 1.84. The van der Waals surface area contributed by atoms with E-state index >= 15 is 0 Å². The summed E-state index contributed by atoms with van der Waals surface area (Å²) < 4.78 is 21.8. The molecule has 40 valence electrons.